The van der Waals surface area contributed by atoms with Gasteiger partial charge in [-0.3, -0.25) is 14.3 Å². The topological polar surface area (TPSA) is 89.9 Å². The minimum Gasteiger partial charge on any atom is -0.331 e. The van der Waals surface area contributed by atoms with Crippen molar-refractivity contribution < 1.29 is 4.79 Å². The van der Waals surface area contributed by atoms with Gasteiger partial charge in [0.15, 0.2) is 11.6 Å². The number of nitrogens with zero attached hydrogens (tertiary/aromatic N) is 5. The standard InChI is InChI=1S/C23H25ClN6O/c24-17-5-3-4-16(12-17)23(15-25)9-7-18(8-10-23)29-13-20-27-28-22(30(20)14-21(29)31)19-6-1-2-11-26-19/h1-6,11-12,18H,7-10,13-15,25H2/t18-,23+. The summed E-state index contributed by atoms with van der Waals surface area (Å²) in [5.74, 6) is 1.57. The Balaban J connectivity index is 1.33. The summed E-state index contributed by atoms with van der Waals surface area (Å²) in [5, 5.41) is 9.41. The summed E-state index contributed by atoms with van der Waals surface area (Å²) in [6.45, 7) is 1.31. The third-order valence-corrected chi connectivity index (χ3v) is 7.06. The Hall–Kier alpha value is -2.77. The van der Waals surface area contributed by atoms with Crippen LogP contribution in [-0.2, 0) is 23.3 Å². The van der Waals surface area contributed by atoms with Gasteiger partial charge in [0.1, 0.15) is 12.2 Å². The molecule has 1 amide bonds. The van der Waals surface area contributed by atoms with Crippen LogP contribution in [0.25, 0.3) is 11.5 Å². The fourth-order valence-corrected chi connectivity index (χ4v) is 5.19. The molecular weight excluding hydrogens is 412 g/mol. The molecule has 2 aliphatic rings. The molecular formula is C23H25ClN6O. The molecule has 0 unspecified atom stereocenters. The quantitative estimate of drug-likeness (QED) is 0.678. The number of carbonyl (C=O) groups excluding carboxylic acids is 1. The Morgan fingerprint density at radius 1 is 1.10 bits per heavy atom. The van der Waals surface area contributed by atoms with Gasteiger partial charge < -0.3 is 10.6 Å². The maximum absolute atomic E-state index is 13.1. The normalized spacial score (nSPS) is 23.6. The van der Waals surface area contributed by atoms with Crippen molar-refractivity contribution in [1.29, 1.82) is 0 Å². The lowest BCUT2D eigenvalue weighted by atomic mass is 9.68. The highest BCUT2D eigenvalue weighted by Gasteiger charge is 2.40. The molecule has 8 heteroatoms. The van der Waals surface area contributed by atoms with Crippen LogP contribution in [0.3, 0.4) is 0 Å². The zero-order valence-corrected chi connectivity index (χ0v) is 18.0. The van der Waals surface area contributed by atoms with E-state index < -0.39 is 0 Å². The summed E-state index contributed by atoms with van der Waals surface area (Å²) in [4.78, 5) is 19.4. The number of aromatic nitrogens is 4. The maximum Gasteiger partial charge on any atom is 0.243 e. The number of carbonyl (C=O) groups is 1. The van der Waals surface area contributed by atoms with Gasteiger partial charge >= 0.3 is 0 Å². The van der Waals surface area contributed by atoms with Crippen molar-refractivity contribution in [2.75, 3.05) is 6.54 Å². The average Bonchev–Trinajstić information content (AvgIpc) is 3.22. The van der Waals surface area contributed by atoms with Crippen molar-refractivity contribution in [3.8, 4) is 11.5 Å². The first kappa shape index (κ1) is 20.2. The fraction of sp³-hybridized carbons (Fsp3) is 0.391. The predicted octanol–water partition coefficient (Wildman–Crippen LogP) is 3.18. The van der Waals surface area contributed by atoms with E-state index in [9.17, 15) is 4.79 Å². The molecule has 0 saturated heterocycles. The second-order valence-corrected chi connectivity index (χ2v) is 8.93. The number of nitrogens with two attached hydrogens (primary N) is 1. The molecule has 1 saturated carbocycles. The van der Waals surface area contributed by atoms with Gasteiger partial charge in [0.25, 0.3) is 0 Å². The number of rotatable bonds is 4. The van der Waals surface area contributed by atoms with Crippen LogP contribution in [0.2, 0.25) is 5.02 Å². The van der Waals surface area contributed by atoms with Crippen LogP contribution < -0.4 is 5.73 Å². The fourth-order valence-electron chi connectivity index (χ4n) is 5.00. The Bertz CT molecular complexity index is 1090. The van der Waals surface area contributed by atoms with E-state index in [2.05, 4.69) is 21.2 Å². The molecule has 31 heavy (non-hydrogen) atoms. The Kier molecular flexibility index (Phi) is 5.24. The Labute approximate surface area is 186 Å². The predicted molar refractivity (Wildman–Crippen MR) is 118 cm³/mol. The molecule has 1 aliphatic carbocycles. The lowest BCUT2D eigenvalue weighted by Crippen LogP contribution is -2.50. The average molecular weight is 437 g/mol. The molecule has 3 aromatic rings. The van der Waals surface area contributed by atoms with Gasteiger partial charge in [-0.05, 0) is 55.5 Å². The first-order valence-electron chi connectivity index (χ1n) is 10.7. The first-order chi connectivity index (χ1) is 15.1. The lowest BCUT2D eigenvalue weighted by molar-refractivity contribution is -0.137. The first-order valence-corrected chi connectivity index (χ1v) is 11.1. The number of hydrogen-bond acceptors (Lipinski definition) is 5. The summed E-state index contributed by atoms with van der Waals surface area (Å²) in [6, 6.07) is 13.9. The number of amides is 1. The van der Waals surface area contributed by atoms with E-state index in [1.165, 1.54) is 5.56 Å². The van der Waals surface area contributed by atoms with Crippen molar-refractivity contribution in [2.24, 2.45) is 5.73 Å². The molecule has 1 aliphatic heterocycles. The van der Waals surface area contributed by atoms with Gasteiger partial charge in [-0.1, -0.05) is 29.8 Å². The zero-order chi connectivity index (χ0) is 21.4. The van der Waals surface area contributed by atoms with E-state index in [0.717, 1.165) is 42.2 Å². The number of benzene rings is 1. The molecule has 0 radical (unpaired) electrons. The molecule has 0 atom stereocenters. The molecule has 1 fully saturated rings. The third kappa shape index (κ3) is 3.62. The summed E-state index contributed by atoms with van der Waals surface area (Å²) in [6.07, 6.45) is 5.42. The van der Waals surface area contributed by atoms with E-state index in [0.29, 0.717) is 18.9 Å². The largest absolute Gasteiger partial charge is 0.331 e. The van der Waals surface area contributed by atoms with Crippen molar-refractivity contribution in [3.63, 3.8) is 0 Å². The van der Waals surface area contributed by atoms with Gasteiger partial charge in [0.05, 0.1) is 6.54 Å². The van der Waals surface area contributed by atoms with Crippen LogP contribution in [0.1, 0.15) is 37.1 Å². The van der Waals surface area contributed by atoms with Gasteiger partial charge in [-0.25, -0.2) is 0 Å². The smallest absolute Gasteiger partial charge is 0.243 e. The highest BCUT2D eigenvalue weighted by atomic mass is 35.5. The zero-order valence-electron chi connectivity index (χ0n) is 17.2. The number of hydrogen-bond donors (Lipinski definition) is 1. The van der Waals surface area contributed by atoms with Crippen molar-refractivity contribution in [3.05, 3.63) is 65.1 Å². The number of halogens is 1. The van der Waals surface area contributed by atoms with E-state index in [1.807, 2.05) is 45.9 Å². The highest BCUT2D eigenvalue weighted by molar-refractivity contribution is 6.30. The van der Waals surface area contributed by atoms with Crippen molar-refractivity contribution in [1.82, 2.24) is 24.6 Å². The lowest BCUT2D eigenvalue weighted by Gasteiger charge is -2.44. The van der Waals surface area contributed by atoms with Gasteiger partial charge in [-0.2, -0.15) is 0 Å². The number of fused-ring (bicyclic) bond motifs is 1. The SMILES string of the molecule is NC[C@]1(c2cccc(Cl)c2)CC[C@@H](N2Cc3nnc(-c4ccccn4)n3CC2=O)CC1. The Morgan fingerprint density at radius 3 is 2.65 bits per heavy atom. The molecule has 5 rings (SSSR count). The minimum absolute atomic E-state index is 0.0770. The van der Waals surface area contributed by atoms with Crippen LogP contribution in [0, 0.1) is 0 Å². The summed E-state index contributed by atoms with van der Waals surface area (Å²) >= 11 is 6.23. The molecule has 2 N–H and O–H groups in total. The molecule has 1 aromatic carbocycles. The van der Waals surface area contributed by atoms with Crippen LogP contribution in [0.15, 0.2) is 48.7 Å². The van der Waals surface area contributed by atoms with E-state index in [-0.39, 0.29) is 23.9 Å². The van der Waals surface area contributed by atoms with Crippen LogP contribution in [0.5, 0.6) is 0 Å². The molecule has 0 bridgehead atoms. The molecule has 3 heterocycles. The van der Waals surface area contributed by atoms with Crippen LogP contribution in [0.4, 0.5) is 0 Å². The summed E-state index contributed by atoms with van der Waals surface area (Å²) in [7, 11) is 0. The van der Waals surface area contributed by atoms with E-state index >= 15 is 0 Å². The van der Waals surface area contributed by atoms with Crippen molar-refractivity contribution in [2.45, 2.75) is 50.2 Å². The second kappa shape index (κ2) is 8.05. The monoisotopic (exact) mass is 436 g/mol. The van der Waals surface area contributed by atoms with Crippen molar-refractivity contribution >= 4 is 17.5 Å². The van der Waals surface area contributed by atoms with Gasteiger partial charge in [0, 0.05) is 29.2 Å². The maximum atomic E-state index is 13.1. The molecule has 2 aromatic heterocycles. The van der Waals surface area contributed by atoms with Crippen LogP contribution >= 0.6 is 11.6 Å². The number of pyridine rings is 1. The summed E-state index contributed by atoms with van der Waals surface area (Å²) in [5.41, 5.74) is 8.10. The van der Waals surface area contributed by atoms with E-state index in [4.69, 9.17) is 17.3 Å². The molecule has 0 spiro atoms. The molecule has 7 nitrogen and oxygen atoms in total. The van der Waals surface area contributed by atoms with Gasteiger partial charge in [0.2, 0.25) is 5.91 Å². The highest BCUT2D eigenvalue weighted by Crippen LogP contribution is 2.41. The summed E-state index contributed by atoms with van der Waals surface area (Å²) < 4.78 is 1.89. The van der Waals surface area contributed by atoms with Gasteiger partial charge in [-0.15, -0.1) is 10.2 Å². The third-order valence-electron chi connectivity index (χ3n) is 6.83. The van der Waals surface area contributed by atoms with Crippen LogP contribution in [-0.4, -0.2) is 43.1 Å². The second-order valence-electron chi connectivity index (χ2n) is 8.49. The minimum atomic E-state index is -0.0770. The molecule has 160 valence electrons. The van der Waals surface area contributed by atoms with E-state index in [1.54, 1.807) is 6.20 Å². The Morgan fingerprint density at radius 2 is 1.94 bits per heavy atom.